The first kappa shape index (κ1) is 22.5. The molecular formula is C23H29N7O3. The molecule has 4 aromatic rings. The van der Waals surface area contributed by atoms with E-state index < -0.39 is 11.2 Å². The Labute approximate surface area is 190 Å². The van der Waals surface area contributed by atoms with Crippen LogP contribution in [-0.4, -0.2) is 34.7 Å². The van der Waals surface area contributed by atoms with Crippen LogP contribution in [0, 0.1) is 5.92 Å². The van der Waals surface area contributed by atoms with Gasteiger partial charge in [-0.25, -0.2) is 19.4 Å². The van der Waals surface area contributed by atoms with Crippen LogP contribution in [0.3, 0.4) is 0 Å². The van der Waals surface area contributed by atoms with Crippen LogP contribution < -0.4 is 16.7 Å². The van der Waals surface area contributed by atoms with Crippen LogP contribution in [0.1, 0.15) is 45.9 Å². The van der Waals surface area contributed by atoms with E-state index in [4.69, 9.17) is 0 Å². The molecule has 0 aliphatic heterocycles. The average Bonchev–Trinajstić information content (AvgIpc) is 3.34. The summed E-state index contributed by atoms with van der Waals surface area (Å²) in [5.74, 6) is 0.673. The van der Waals surface area contributed by atoms with Crippen molar-refractivity contribution in [1.29, 1.82) is 0 Å². The van der Waals surface area contributed by atoms with E-state index in [9.17, 15) is 14.4 Å². The second-order valence-electron chi connectivity index (χ2n) is 8.61. The van der Waals surface area contributed by atoms with Gasteiger partial charge >= 0.3 is 5.69 Å². The molecule has 3 heterocycles. The third kappa shape index (κ3) is 4.59. The van der Waals surface area contributed by atoms with Crippen LogP contribution in [0.5, 0.6) is 0 Å². The Bertz CT molecular complexity index is 1410. The van der Waals surface area contributed by atoms with E-state index >= 15 is 0 Å². The summed E-state index contributed by atoms with van der Waals surface area (Å²) >= 11 is 0. The summed E-state index contributed by atoms with van der Waals surface area (Å²) in [7, 11) is 0. The number of aryl methyl sites for hydroxylation is 2. The Morgan fingerprint density at radius 2 is 1.97 bits per heavy atom. The number of hydrogen-bond donors (Lipinski definition) is 2. The lowest BCUT2D eigenvalue weighted by atomic mass is 10.2. The maximum atomic E-state index is 12.7. The summed E-state index contributed by atoms with van der Waals surface area (Å²) in [4.78, 5) is 49.2. The molecular weight excluding hydrogens is 422 g/mol. The molecule has 10 heteroatoms. The molecule has 1 aromatic carbocycles. The lowest BCUT2D eigenvalue weighted by Gasteiger charge is -2.12. The number of benzene rings is 1. The van der Waals surface area contributed by atoms with Crippen molar-refractivity contribution in [2.24, 2.45) is 5.92 Å². The first-order valence-corrected chi connectivity index (χ1v) is 11.3. The summed E-state index contributed by atoms with van der Waals surface area (Å²) in [6, 6.07) is 7.54. The summed E-state index contributed by atoms with van der Waals surface area (Å²) in [6.07, 6.45) is 3.79. The van der Waals surface area contributed by atoms with Crippen LogP contribution in [0.2, 0.25) is 0 Å². The van der Waals surface area contributed by atoms with E-state index in [-0.39, 0.29) is 18.2 Å². The van der Waals surface area contributed by atoms with E-state index in [0.29, 0.717) is 36.5 Å². The SMILES string of the molecule is CCCCn1c(=O)[nH]c(=O)c2c1nc(CCC(=O)Nn1cnc3ccccc31)n2CC(C)C. The molecule has 4 rings (SSSR count). The molecule has 0 atom stereocenters. The van der Waals surface area contributed by atoms with Crippen molar-refractivity contribution in [3.05, 3.63) is 57.3 Å². The van der Waals surface area contributed by atoms with Gasteiger partial charge in [-0.05, 0) is 24.5 Å². The number of unbranched alkanes of at least 4 members (excludes halogenated alkanes) is 1. The van der Waals surface area contributed by atoms with E-state index in [0.717, 1.165) is 23.9 Å². The van der Waals surface area contributed by atoms with Crippen molar-refractivity contribution in [3.8, 4) is 0 Å². The molecule has 0 aliphatic rings. The van der Waals surface area contributed by atoms with Crippen molar-refractivity contribution in [1.82, 2.24) is 28.8 Å². The van der Waals surface area contributed by atoms with Crippen molar-refractivity contribution >= 4 is 28.1 Å². The number of amides is 1. The number of rotatable bonds is 9. The highest BCUT2D eigenvalue weighted by Gasteiger charge is 2.20. The Kier molecular flexibility index (Phi) is 6.43. The van der Waals surface area contributed by atoms with Gasteiger partial charge in [0, 0.05) is 25.9 Å². The lowest BCUT2D eigenvalue weighted by Crippen LogP contribution is -2.31. The molecule has 0 bridgehead atoms. The third-order valence-electron chi connectivity index (χ3n) is 5.52. The number of imidazole rings is 2. The maximum Gasteiger partial charge on any atom is 0.330 e. The van der Waals surface area contributed by atoms with Crippen LogP contribution >= 0.6 is 0 Å². The Balaban J connectivity index is 1.63. The largest absolute Gasteiger partial charge is 0.330 e. The fraction of sp³-hybridized carbons (Fsp3) is 0.435. The molecule has 0 radical (unpaired) electrons. The molecule has 2 N–H and O–H groups in total. The van der Waals surface area contributed by atoms with Gasteiger partial charge in [-0.3, -0.25) is 24.6 Å². The first-order chi connectivity index (χ1) is 15.9. The fourth-order valence-corrected chi connectivity index (χ4v) is 3.96. The Morgan fingerprint density at radius 1 is 1.18 bits per heavy atom. The molecule has 0 saturated carbocycles. The highest BCUT2D eigenvalue weighted by molar-refractivity contribution is 5.86. The number of H-pyrrole nitrogens is 1. The number of aromatic nitrogens is 6. The number of carbonyl (C=O) groups excluding carboxylic acids is 1. The van der Waals surface area contributed by atoms with Gasteiger partial charge in [0.2, 0.25) is 5.91 Å². The quantitative estimate of drug-likeness (QED) is 0.405. The highest BCUT2D eigenvalue weighted by atomic mass is 16.2. The molecule has 0 aliphatic carbocycles. The topological polar surface area (TPSA) is 120 Å². The third-order valence-corrected chi connectivity index (χ3v) is 5.52. The Hall–Kier alpha value is -3.69. The molecule has 3 aromatic heterocycles. The van der Waals surface area contributed by atoms with Crippen molar-refractivity contribution < 1.29 is 4.79 Å². The van der Waals surface area contributed by atoms with E-state index in [1.807, 2.05) is 49.6 Å². The van der Waals surface area contributed by atoms with E-state index in [1.165, 1.54) is 4.57 Å². The second kappa shape index (κ2) is 9.43. The highest BCUT2D eigenvalue weighted by Crippen LogP contribution is 2.16. The smallest absolute Gasteiger partial charge is 0.322 e. The summed E-state index contributed by atoms with van der Waals surface area (Å²) < 4.78 is 4.97. The van der Waals surface area contributed by atoms with Crippen molar-refractivity contribution in [2.75, 3.05) is 5.43 Å². The minimum Gasteiger partial charge on any atom is -0.322 e. The lowest BCUT2D eigenvalue weighted by molar-refractivity contribution is -0.117. The molecule has 33 heavy (non-hydrogen) atoms. The molecule has 0 saturated heterocycles. The minimum absolute atomic E-state index is 0.172. The van der Waals surface area contributed by atoms with Crippen LogP contribution in [-0.2, 0) is 24.3 Å². The number of hydrogen-bond acceptors (Lipinski definition) is 5. The number of fused-ring (bicyclic) bond motifs is 2. The van der Waals surface area contributed by atoms with Gasteiger partial charge in [0.05, 0.1) is 11.0 Å². The van der Waals surface area contributed by atoms with Crippen molar-refractivity contribution in [2.45, 2.75) is 59.5 Å². The number of nitrogens with one attached hydrogen (secondary N) is 2. The fourth-order valence-electron chi connectivity index (χ4n) is 3.96. The molecule has 0 unspecified atom stereocenters. The minimum atomic E-state index is -0.452. The maximum absolute atomic E-state index is 12.7. The molecule has 0 spiro atoms. The number of nitrogens with zero attached hydrogens (tertiary/aromatic N) is 5. The van der Waals surface area contributed by atoms with Gasteiger partial charge in [-0.1, -0.05) is 39.3 Å². The van der Waals surface area contributed by atoms with Gasteiger partial charge < -0.3 is 4.57 Å². The zero-order valence-electron chi connectivity index (χ0n) is 19.2. The monoisotopic (exact) mass is 451 g/mol. The van der Waals surface area contributed by atoms with Gasteiger partial charge in [-0.15, -0.1) is 0 Å². The first-order valence-electron chi connectivity index (χ1n) is 11.3. The zero-order chi connectivity index (χ0) is 23.5. The van der Waals surface area contributed by atoms with Crippen molar-refractivity contribution in [3.63, 3.8) is 0 Å². The van der Waals surface area contributed by atoms with Gasteiger partial charge in [0.1, 0.15) is 12.2 Å². The van der Waals surface area contributed by atoms with E-state index in [2.05, 4.69) is 20.4 Å². The predicted molar refractivity (Wildman–Crippen MR) is 127 cm³/mol. The summed E-state index contributed by atoms with van der Waals surface area (Å²) in [5, 5.41) is 0. The molecule has 10 nitrogen and oxygen atoms in total. The van der Waals surface area contributed by atoms with Gasteiger partial charge in [0.15, 0.2) is 11.2 Å². The van der Waals surface area contributed by atoms with Crippen LogP contribution in [0.25, 0.3) is 22.2 Å². The summed E-state index contributed by atoms with van der Waals surface area (Å²) in [5.41, 5.74) is 4.31. The molecule has 1 amide bonds. The normalized spacial score (nSPS) is 11.6. The standard InChI is InChI=1S/C23H29N7O3/c1-4-5-12-28-21-20(22(32)26-23(28)33)29(13-15(2)3)18(25-21)10-11-19(31)27-30-14-24-16-8-6-7-9-17(16)30/h6-9,14-15H,4-5,10-13H2,1-3H3,(H,27,31)(H,26,32,33). The number of carbonyl (C=O) groups is 1. The van der Waals surface area contributed by atoms with E-state index in [1.54, 1.807) is 11.0 Å². The van der Waals surface area contributed by atoms with Gasteiger partial charge in [0.25, 0.3) is 5.56 Å². The zero-order valence-corrected chi connectivity index (χ0v) is 19.2. The molecule has 174 valence electrons. The van der Waals surface area contributed by atoms with Crippen LogP contribution in [0.4, 0.5) is 0 Å². The molecule has 0 fully saturated rings. The number of para-hydroxylation sites is 2. The van der Waals surface area contributed by atoms with Crippen LogP contribution in [0.15, 0.2) is 40.2 Å². The number of aromatic amines is 1. The predicted octanol–water partition coefficient (Wildman–Crippen LogP) is 2.39. The Morgan fingerprint density at radius 3 is 2.73 bits per heavy atom. The second-order valence-corrected chi connectivity index (χ2v) is 8.61. The van der Waals surface area contributed by atoms with Gasteiger partial charge in [-0.2, -0.15) is 0 Å². The summed E-state index contributed by atoms with van der Waals surface area (Å²) in [6.45, 7) is 7.18. The average molecular weight is 452 g/mol.